The summed E-state index contributed by atoms with van der Waals surface area (Å²) in [6.07, 6.45) is 2.65. The molecule has 2 heterocycles. The van der Waals surface area contributed by atoms with Gasteiger partial charge in [0.2, 0.25) is 5.91 Å². The smallest absolute Gasteiger partial charge is 0.265 e. The Morgan fingerprint density at radius 3 is 2.85 bits per heavy atom. The minimum Gasteiger partial charge on any atom is -0.325 e. The largest absolute Gasteiger partial charge is 0.325 e. The Balaban J connectivity index is 1.97. The van der Waals surface area contributed by atoms with E-state index in [1.165, 1.54) is 18.5 Å². The molecule has 9 heteroatoms. The average Bonchev–Trinajstić information content (AvgIpc) is 2.98. The van der Waals surface area contributed by atoms with Crippen LogP contribution in [0.4, 0.5) is 11.4 Å². The van der Waals surface area contributed by atoms with Crippen molar-refractivity contribution >= 4 is 38.9 Å². The van der Waals surface area contributed by atoms with Crippen LogP contribution >= 0.6 is 11.6 Å². The van der Waals surface area contributed by atoms with Crippen LogP contribution in [-0.4, -0.2) is 24.5 Å². The van der Waals surface area contributed by atoms with Gasteiger partial charge in [0, 0.05) is 11.9 Å². The molecule has 104 valence electrons. The summed E-state index contributed by atoms with van der Waals surface area (Å²) in [4.78, 5) is 11.3. The first-order valence-electron chi connectivity index (χ1n) is 5.59. The number of halogens is 1. The van der Waals surface area contributed by atoms with Crippen molar-refractivity contribution in [3.05, 3.63) is 35.1 Å². The maximum atomic E-state index is 12.1. The second-order valence-corrected chi connectivity index (χ2v) is 6.34. The summed E-state index contributed by atoms with van der Waals surface area (Å²) in [5.41, 5.74) is 1.53. The quantitative estimate of drug-likeness (QED) is 0.796. The molecule has 1 aromatic carbocycles. The monoisotopic (exact) mass is 312 g/mol. The lowest BCUT2D eigenvalue weighted by Crippen LogP contribution is -2.12. The fourth-order valence-corrected chi connectivity index (χ4v) is 3.16. The van der Waals surface area contributed by atoms with Gasteiger partial charge in [-0.1, -0.05) is 11.6 Å². The number of rotatable bonds is 3. The van der Waals surface area contributed by atoms with Gasteiger partial charge in [0.25, 0.3) is 10.0 Å². The summed E-state index contributed by atoms with van der Waals surface area (Å²) < 4.78 is 26.5. The minimum absolute atomic E-state index is 0.00302. The van der Waals surface area contributed by atoms with E-state index in [-0.39, 0.29) is 27.9 Å². The van der Waals surface area contributed by atoms with Gasteiger partial charge in [-0.3, -0.25) is 14.6 Å². The Hall–Kier alpha value is -2.06. The Morgan fingerprint density at radius 2 is 2.15 bits per heavy atom. The van der Waals surface area contributed by atoms with Crippen molar-refractivity contribution < 1.29 is 13.2 Å². The van der Waals surface area contributed by atoms with Crippen LogP contribution in [0.2, 0.25) is 5.02 Å². The molecule has 0 spiro atoms. The van der Waals surface area contributed by atoms with Crippen LogP contribution in [0, 0.1) is 0 Å². The third-order valence-corrected chi connectivity index (χ3v) is 4.49. The minimum atomic E-state index is -3.76. The van der Waals surface area contributed by atoms with Gasteiger partial charge < -0.3 is 5.32 Å². The Labute approximate surface area is 119 Å². The lowest BCUT2D eigenvalue weighted by molar-refractivity contribution is -0.115. The number of carbonyl (C=O) groups is 1. The van der Waals surface area contributed by atoms with E-state index >= 15 is 0 Å². The number of sulfonamides is 1. The number of fused-ring (bicyclic) bond motifs is 1. The zero-order chi connectivity index (χ0) is 14.3. The number of nitrogens with zero attached hydrogens (tertiary/aromatic N) is 1. The molecule has 0 fully saturated rings. The van der Waals surface area contributed by atoms with Crippen molar-refractivity contribution in [3.63, 3.8) is 0 Å². The van der Waals surface area contributed by atoms with Gasteiger partial charge in [-0.15, -0.1) is 0 Å². The zero-order valence-corrected chi connectivity index (χ0v) is 11.5. The first-order chi connectivity index (χ1) is 9.45. The zero-order valence-electron chi connectivity index (χ0n) is 9.97. The van der Waals surface area contributed by atoms with Crippen molar-refractivity contribution in [2.45, 2.75) is 11.3 Å². The van der Waals surface area contributed by atoms with Crippen LogP contribution in [0.15, 0.2) is 29.4 Å². The van der Waals surface area contributed by atoms with E-state index in [1.807, 2.05) is 0 Å². The first kappa shape index (κ1) is 12.9. The van der Waals surface area contributed by atoms with E-state index in [1.54, 1.807) is 6.07 Å². The lowest BCUT2D eigenvalue weighted by Gasteiger charge is -2.10. The Bertz CT molecular complexity index is 786. The highest BCUT2D eigenvalue weighted by Crippen LogP contribution is 2.33. The fourth-order valence-electron chi connectivity index (χ4n) is 1.92. The van der Waals surface area contributed by atoms with Gasteiger partial charge >= 0.3 is 0 Å². The van der Waals surface area contributed by atoms with Gasteiger partial charge in [-0.05, 0) is 17.7 Å². The molecule has 0 radical (unpaired) electrons. The van der Waals surface area contributed by atoms with Crippen molar-refractivity contribution in [3.8, 4) is 0 Å². The van der Waals surface area contributed by atoms with Crippen LogP contribution in [0.3, 0.4) is 0 Å². The number of nitrogens with one attached hydrogen (secondary N) is 3. The first-order valence-corrected chi connectivity index (χ1v) is 7.46. The predicted molar refractivity (Wildman–Crippen MR) is 73.2 cm³/mol. The van der Waals surface area contributed by atoms with E-state index in [0.717, 1.165) is 0 Å². The molecule has 1 amide bonds. The predicted octanol–water partition coefficient (Wildman–Crippen LogP) is 1.36. The van der Waals surface area contributed by atoms with E-state index in [4.69, 9.17) is 11.6 Å². The maximum Gasteiger partial charge on any atom is 0.265 e. The highest BCUT2D eigenvalue weighted by atomic mass is 35.5. The number of hydrogen-bond acceptors (Lipinski definition) is 4. The summed E-state index contributed by atoms with van der Waals surface area (Å²) >= 11 is 6.02. The van der Waals surface area contributed by atoms with E-state index in [0.29, 0.717) is 11.3 Å². The molecular weight excluding hydrogens is 304 g/mol. The van der Waals surface area contributed by atoms with Gasteiger partial charge in [-0.2, -0.15) is 5.10 Å². The van der Waals surface area contributed by atoms with Gasteiger partial charge in [0.05, 0.1) is 23.3 Å². The van der Waals surface area contributed by atoms with E-state index < -0.39 is 10.0 Å². The highest BCUT2D eigenvalue weighted by Gasteiger charge is 2.22. The molecule has 2 aromatic rings. The topological polar surface area (TPSA) is 104 Å². The molecule has 3 N–H and O–H groups in total. The SMILES string of the molecule is O=C1Cc2cc(NS(=O)(=O)c3cn[nH]c3)c(Cl)cc2N1. The molecule has 3 rings (SSSR count). The van der Waals surface area contributed by atoms with E-state index in [9.17, 15) is 13.2 Å². The molecule has 0 saturated heterocycles. The van der Waals surface area contributed by atoms with Gasteiger partial charge in [-0.25, -0.2) is 8.42 Å². The molecule has 0 aliphatic carbocycles. The van der Waals surface area contributed by atoms with Gasteiger partial charge in [0.1, 0.15) is 4.90 Å². The number of benzene rings is 1. The summed E-state index contributed by atoms with van der Waals surface area (Å²) in [5.74, 6) is -0.147. The highest BCUT2D eigenvalue weighted by molar-refractivity contribution is 7.92. The summed E-state index contributed by atoms with van der Waals surface area (Å²) in [6, 6.07) is 3.07. The molecule has 0 saturated carbocycles. The number of hydrogen-bond donors (Lipinski definition) is 3. The average molecular weight is 313 g/mol. The number of aromatic nitrogens is 2. The molecule has 1 aromatic heterocycles. The normalized spacial score (nSPS) is 13.9. The van der Waals surface area contributed by atoms with Crippen LogP contribution in [0.5, 0.6) is 0 Å². The number of H-pyrrole nitrogens is 1. The fraction of sp³-hybridized carbons (Fsp3) is 0.0909. The second-order valence-electron chi connectivity index (χ2n) is 4.25. The molecule has 20 heavy (non-hydrogen) atoms. The Morgan fingerprint density at radius 1 is 1.35 bits per heavy atom. The third kappa shape index (κ3) is 2.23. The summed E-state index contributed by atoms with van der Waals surface area (Å²) in [7, 11) is -3.76. The molecule has 0 bridgehead atoms. The second kappa shape index (κ2) is 4.50. The summed E-state index contributed by atoms with van der Waals surface area (Å²) in [5, 5.41) is 8.86. The van der Waals surface area contributed by atoms with Crippen LogP contribution < -0.4 is 10.0 Å². The van der Waals surface area contributed by atoms with Crippen molar-refractivity contribution in [1.29, 1.82) is 0 Å². The van der Waals surface area contributed by atoms with Crippen LogP contribution in [0.1, 0.15) is 5.56 Å². The summed E-state index contributed by atoms with van der Waals surface area (Å²) in [6.45, 7) is 0. The molecule has 0 unspecified atom stereocenters. The van der Waals surface area contributed by atoms with E-state index in [2.05, 4.69) is 20.2 Å². The number of aromatic amines is 1. The van der Waals surface area contributed by atoms with Gasteiger partial charge in [0.15, 0.2) is 0 Å². The number of carbonyl (C=O) groups excluding carboxylic acids is 1. The van der Waals surface area contributed by atoms with Crippen molar-refractivity contribution in [2.24, 2.45) is 0 Å². The van der Waals surface area contributed by atoms with Crippen molar-refractivity contribution in [1.82, 2.24) is 10.2 Å². The molecular formula is C11H9ClN4O3S. The number of amides is 1. The molecule has 1 aliphatic heterocycles. The van der Waals surface area contributed by atoms with Crippen LogP contribution in [-0.2, 0) is 21.2 Å². The maximum absolute atomic E-state index is 12.1. The van der Waals surface area contributed by atoms with Crippen LogP contribution in [0.25, 0.3) is 0 Å². The standard InChI is InChI=1S/C11H9ClN4O3S/c12-8-3-9-6(2-11(17)15-9)1-10(8)16-20(18,19)7-4-13-14-5-7/h1,3-5,16H,2H2,(H,13,14)(H,15,17). The number of anilines is 2. The van der Waals surface area contributed by atoms with Crippen molar-refractivity contribution in [2.75, 3.05) is 10.0 Å². The third-order valence-electron chi connectivity index (χ3n) is 2.85. The molecule has 1 aliphatic rings. The Kier molecular flexibility index (Phi) is 2.91. The lowest BCUT2D eigenvalue weighted by atomic mass is 10.1. The molecule has 7 nitrogen and oxygen atoms in total. The molecule has 0 atom stereocenters.